The fraction of sp³-hybridized carbons (Fsp3) is 0.300. The Morgan fingerprint density at radius 3 is 2.81 bits per heavy atom. The predicted molar refractivity (Wildman–Crippen MR) is 63.4 cm³/mol. The van der Waals surface area contributed by atoms with Gasteiger partial charge in [-0.15, -0.1) is 0 Å². The van der Waals surface area contributed by atoms with Gasteiger partial charge >= 0.3 is 6.03 Å². The van der Waals surface area contributed by atoms with E-state index in [0.29, 0.717) is 24.1 Å². The van der Waals surface area contributed by atoms with E-state index >= 15 is 0 Å². The Morgan fingerprint density at radius 2 is 2.19 bits per heavy atom. The summed E-state index contributed by atoms with van der Waals surface area (Å²) in [6, 6.07) is 4.39. The molecule has 1 rings (SSSR count). The molecule has 0 unspecified atom stereocenters. The van der Waals surface area contributed by atoms with Crippen molar-refractivity contribution in [1.82, 2.24) is 10.6 Å². The molecule has 0 saturated heterocycles. The maximum absolute atomic E-state index is 13.1. The lowest BCUT2D eigenvalue weighted by Crippen LogP contribution is -2.35. The van der Waals surface area contributed by atoms with Crippen LogP contribution in [0.3, 0.4) is 0 Å². The summed E-state index contributed by atoms with van der Waals surface area (Å²) in [6.07, 6.45) is 0. The fourth-order valence-electron chi connectivity index (χ4n) is 1.16. The Morgan fingerprint density at radius 1 is 1.44 bits per heavy atom. The Bertz CT molecular complexity index is 373. The molecule has 88 valence electrons. The average Bonchev–Trinajstić information content (AvgIpc) is 2.22. The second kappa shape index (κ2) is 6.44. The van der Waals surface area contributed by atoms with Crippen LogP contribution in [-0.2, 0) is 6.54 Å². The number of rotatable bonds is 5. The van der Waals surface area contributed by atoms with E-state index in [0.717, 1.165) is 5.56 Å². The number of amides is 2. The van der Waals surface area contributed by atoms with Gasteiger partial charge in [0.05, 0.1) is 4.47 Å². The van der Waals surface area contributed by atoms with Crippen LogP contribution < -0.4 is 16.4 Å². The molecule has 4 nitrogen and oxygen atoms in total. The summed E-state index contributed by atoms with van der Waals surface area (Å²) in [5.41, 5.74) is 5.74. The average molecular weight is 290 g/mol. The van der Waals surface area contributed by atoms with Gasteiger partial charge in [-0.25, -0.2) is 9.18 Å². The Labute approximate surface area is 102 Å². The van der Waals surface area contributed by atoms with E-state index in [4.69, 9.17) is 5.73 Å². The highest BCUT2D eigenvalue weighted by Gasteiger charge is 2.00. The van der Waals surface area contributed by atoms with Crippen LogP contribution in [0.25, 0.3) is 0 Å². The predicted octanol–water partition coefficient (Wildman–Crippen LogP) is 1.35. The molecule has 0 saturated carbocycles. The first kappa shape index (κ1) is 12.9. The molecule has 2 amide bonds. The number of hydrogen-bond donors (Lipinski definition) is 3. The van der Waals surface area contributed by atoms with Gasteiger partial charge in [-0.05, 0) is 33.6 Å². The molecule has 0 radical (unpaired) electrons. The van der Waals surface area contributed by atoms with Gasteiger partial charge in [-0.2, -0.15) is 0 Å². The van der Waals surface area contributed by atoms with Gasteiger partial charge < -0.3 is 16.4 Å². The molecule has 0 atom stereocenters. The molecule has 0 aromatic heterocycles. The van der Waals surface area contributed by atoms with Gasteiger partial charge in [0.25, 0.3) is 0 Å². The van der Waals surface area contributed by atoms with Crippen molar-refractivity contribution in [2.45, 2.75) is 6.54 Å². The summed E-state index contributed by atoms with van der Waals surface area (Å²) in [4.78, 5) is 10.3. The van der Waals surface area contributed by atoms with E-state index in [9.17, 15) is 9.18 Å². The lowest BCUT2D eigenvalue weighted by atomic mass is 10.2. The van der Waals surface area contributed by atoms with Crippen molar-refractivity contribution in [3.05, 3.63) is 34.1 Å². The first-order valence-corrected chi connectivity index (χ1v) is 5.57. The number of halogens is 2. The Kier molecular flexibility index (Phi) is 5.21. The van der Waals surface area contributed by atoms with Gasteiger partial charge in [0, 0.05) is 19.6 Å². The lowest BCUT2D eigenvalue weighted by molar-refractivity contribution is 0.249. The number of nitrogens with one attached hydrogen (secondary N) is 2. The third kappa shape index (κ3) is 4.59. The standard InChI is InChI=1S/C10H13BrFN3O/c11-8-2-1-7(5-9(8)12)6-14-3-4-15-10(13)16/h1-2,5,14H,3-4,6H2,(H3,13,15,16). The van der Waals surface area contributed by atoms with Crippen LogP contribution in [0.5, 0.6) is 0 Å². The van der Waals surface area contributed by atoms with Crippen LogP contribution in [0.15, 0.2) is 22.7 Å². The second-order valence-corrected chi connectivity index (χ2v) is 4.07. The molecule has 0 bridgehead atoms. The second-order valence-electron chi connectivity index (χ2n) is 3.22. The van der Waals surface area contributed by atoms with Crippen molar-refractivity contribution in [2.24, 2.45) is 5.73 Å². The number of carbonyl (C=O) groups excluding carboxylic acids is 1. The van der Waals surface area contributed by atoms with Crippen LogP contribution >= 0.6 is 15.9 Å². The number of carbonyl (C=O) groups is 1. The molecular weight excluding hydrogens is 277 g/mol. The Balaban J connectivity index is 2.27. The zero-order valence-electron chi connectivity index (χ0n) is 8.59. The van der Waals surface area contributed by atoms with E-state index in [1.807, 2.05) is 6.07 Å². The van der Waals surface area contributed by atoms with Crippen LogP contribution in [0.2, 0.25) is 0 Å². The zero-order chi connectivity index (χ0) is 12.0. The molecular formula is C10H13BrFN3O. The van der Waals surface area contributed by atoms with Crippen molar-refractivity contribution in [1.29, 1.82) is 0 Å². The summed E-state index contributed by atoms with van der Waals surface area (Å²) in [5, 5.41) is 5.50. The smallest absolute Gasteiger partial charge is 0.312 e. The van der Waals surface area contributed by atoms with E-state index in [-0.39, 0.29) is 5.82 Å². The summed E-state index contributed by atoms with van der Waals surface area (Å²) < 4.78 is 13.6. The summed E-state index contributed by atoms with van der Waals surface area (Å²) in [7, 11) is 0. The maximum Gasteiger partial charge on any atom is 0.312 e. The third-order valence-corrected chi connectivity index (χ3v) is 2.56. The number of benzene rings is 1. The van der Waals surface area contributed by atoms with Gasteiger partial charge in [-0.3, -0.25) is 0 Å². The molecule has 0 fully saturated rings. The zero-order valence-corrected chi connectivity index (χ0v) is 10.2. The van der Waals surface area contributed by atoms with Crippen LogP contribution in [0.4, 0.5) is 9.18 Å². The fourth-order valence-corrected chi connectivity index (χ4v) is 1.40. The van der Waals surface area contributed by atoms with Gasteiger partial charge in [-0.1, -0.05) is 6.07 Å². The highest BCUT2D eigenvalue weighted by Crippen LogP contribution is 2.15. The van der Waals surface area contributed by atoms with E-state index in [1.54, 1.807) is 6.07 Å². The lowest BCUT2D eigenvalue weighted by Gasteiger charge is -2.05. The third-order valence-electron chi connectivity index (χ3n) is 1.91. The highest BCUT2D eigenvalue weighted by atomic mass is 79.9. The molecule has 0 spiro atoms. The molecule has 6 heteroatoms. The van der Waals surface area contributed by atoms with Crippen molar-refractivity contribution >= 4 is 22.0 Å². The van der Waals surface area contributed by atoms with Crippen LogP contribution in [0, 0.1) is 5.82 Å². The van der Waals surface area contributed by atoms with Crippen molar-refractivity contribution in [2.75, 3.05) is 13.1 Å². The monoisotopic (exact) mass is 289 g/mol. The summed E-state index contributed by atoms with van der Waals surface area (Å²) in [6.45, 7) is 1.58. The summed E-state index contributed by atoms with van der Waals surface area (Å²) in [5.74, 6) is -0.283. The van der Waals surface area contributed by atoms with Gasteiger partial charge in [0.2, 0.25) is 0 Å². The maximum atomic E-state index is 13.1. The SMILES string of the molecule is NC(=O)NCCNCc1ccc(Br)c(F)c1. The highest BCUT2D eigenvalue weighted by molar-refractivity contribution is 9.10. The van der Waals surface area contributed by atoms with Gasteiger partial charge in [0.15, 0.2) is 0 Å². The number of urea groups is 1. The number of nitrogens with two attached hydrogens (primary N) is 1. The molecule has 0 aliphatic rings. The molecule has 1 aromatic carbocycles. The molecule has 0 aliphatic carbocycles. The summed E-state index contributed by atoms with van der Waals surface area (Å²) >= 11 is 3.08. The quantitative estimate of drug-likeness (QED) is 0.716. The largest absolute Gasteiger partial charge is 0.352 e. The first-order chi connectivity index (χ1) is 7.59. The van der Waals surface area contributed by atoms with Gasteiger partial charge in [0.1, 0.15) is 5.82 Å². The minimum atomic E-state index is -0.545. The van der Waals surface area contributed by atoms with E-state index in [2.05, 4.69) is 26.6 Å². The molecule has 1 aromatic rings. The minimum Gasteiger partial charge on any atom is -0.352 e. The molecule has 0 aliphatic heterocycles. The number of primary amides is 1. The normalized spacial score (nSPS) is 10.1. The van der Waals surface area contributed by atoms with Crippen LogP contribution in [-0.4, -0.2) is 19.1 Å². The van der Waals surface area contributed by atoms with Crippen LogP contribution in [0.1, 0.15) is 5.56 Å². The van der Waals surface area contributed by atoms with E-state index in [1.165, 1.54) is 6.07 Å². The first-order valence-electron chi connectivity index (χ1n) is 4.77. The van der Waals surface area contributed by atoms with E-state index < -0.39 is 6.03 Å². The molecule has 16 heavy (non-hydrogen) atoms. The van der Waals surface area contributed by atoms with Crippen molar-refractivity contribution in [3.8, 4) is 0 Å². The van der Waals surface area contributed by atoms with Crippen molar-refractivity contribution in [3.63, 3.8) is 0 Å². The topological polar surface area (TPSA) is 67.2 Å². The number of hydrogen-bond acceptors (Lipinski definition) is 2. The molecule has 0 heterocycles. The minimum absolute atomic E-state index is 0.283. The molecule has 4 N–H and O–H groups in total. The Hall–Kier alpha value is -1.14. The van der Waals surface area contributed by atoms with Crippen molar-refractivity contribution < 1.29 is 9.18 Å².